The van der Waals surface area contributed by atoms with E-state index in [1.807, 2.05) is 26.8 Å². The van der Waals surface area contributed by atoms with Gasteiger partial charge in [-0.1, -0.05) is 12.1 Å². The Morgan fingerprint density at radius 1 is 1.35 bits per heavy atom. The van der Waals surface area contributed by atoms with Crippen molar-refractivity contribution < 1.29 is 14.6 Å². The molecule has 0 radical (unpaired) electrons. The van der Waals surface area contributed by atoms with Gasteiger partial charge >= 0.3 is 6.09 Å². The number of hydrogen-bond acceptors (Lipinski definition) is 4. The largest absolute Gasteiger partial charge is 0.506 e. The summed E-state index contributed by atoms with van der Waals surface area (Å²) in [6, 6.07) is 6.98. The van der Waals surface area contributed by atoms with E-state index >= 15 is 0 Å². The quantitative estimate of drug-likeness (QED) is 0.883. The average molecular weight is 274 g/mol. The van der Waals surface area contributed by atoms with Gasteiger partial charge in [-0.25, -0.2) is 4.79 Å². The van der Waals surface area contributed by atoms with E-state index in [-0.39, 0.29) is 5.75 Å². The van der Waals surface area contributed by atoms with Crippen LogP contribution in [0.1, 0.15) is 26.3 Å². The molecule has 106 valence electrons. The summed E-state index contributed by atoms with van der Waals surface area (Å²) in [6.07, 6.45) is 1.15. The summed E-state index contributed by atoms with van der Waals surface area (Å²) in [6.45, 7) is 5.75. The van der Waals surface area contributed by atoms with E-state index in [9.17, 15) is 9.90 Å². The van der Waals surface area contributed by atoms with Crippen LogP contribution in [0.15, 0.2) is 30.5 Å². The average Bonchev–Trinajstić information content (AvgIpc) is 2.36. The normalized spacial score (nSPS) is 11.3. The maximum atomic E-state index is 11.6. The molecular weight excluding hydrogens is 256 g/mol. The molecule has 1 aromatic heterocycles. The number of amides is 1. The van der Waals surface area contributed by atoms with Crippen LogP contribution in [-0.2, 0) is 11.3 Å². The van der Waals surface area contributed by atoms with Gasteiger partial charge in [-0.3, -0.25) is 4.98 Å². The number of pyridine rings is 1. The predicted molar refractivity (Wildman–Crippen MR) is 76.5 cm³/mol. The Balaban J connectivity index is 2.15. The lowest BCUT2D eigenvalue weighted by molar-refractivity contribution is 0.0524. The number of benzene rings is 1. The van der Waals surface area contributed by atoms with Crippen LogP contribution in [0.25, 0.3) is 10.9 Å². The van der Waals surface area contributed by atoms with Crippen LogP contribution >= 0.6 is 0 Å². The van der Waals surface area contributed by atoms with E-state index in [0.717, 1.165) is 10.9 Å². The van der Waals surface area contributed by atoms with Crippen molar-refractivity contribution in [2.45, 2.75) is 32.9 Å². The smallest absolute Gasteiger partial charge is 0.407 e. The molecule has 0 spiro atoms. The topological polar surface area (TPSA) is 71.5 Å². The van der Waals surface area contributed by atoms with Crippen LogP contribution in [0.4, 0.5) is 4.79 Å². The summed E-state index contributed by atoms with van der Waals surface area (Å²) < 4.78 is 5.18. The highest BCUT2D eigenvalue weighted by Gasteiger charge is 2.16. The molecule has 0 unspecified atom stereocenters. The van der Waals surface area contributed by atoms with Crippen LogP contribution < -0.4 is 5.32 Å². The zero-order valence-electron chi connectivity index (χ0n) is 11.8. The Labute approximate surface area is 117 Å². The third kappa shape index (κ3) is 3.38. The number of phenolic OH excluding ortho intramolecular Hbond substituents is 1. The molecule has 1 aromatic carbocycles. The summed E-state index contributed by atoms with van der Waals surface area (Å²) in [5, 5.41) is 13.3. The first kappa shape index (κ1) is 14.1. The minimum Gasteiger partial charge on any atom is -0.506 e. The molecule has 0 atom stereocenters. The summed E-state index contributed by atoms with van der Waals surface area (Å²) in [4.78, 5) is 15.8. The summed E-state index contributed by atoms with van der Waals surface area (Å²) >= 11 is 0. The molecule has 0 aliphatic rings. The fourth-order valence-electron chi connectivity index (χ4n) is 1.85. The minimum absolute atomic E-state index is 0.126. The van der Waals surface area contributed by atoms with Crippen molar-refractivity contribution in [3.8, 4) is 5.75 Å². The van der Waals surface area contributed by atoms with Gasteiger partial charge < -0.3 is 15.2 Å². The number of alkyl carbamates (subject to hydrolysis) is 1. The third-order valence-corrected chi connectivity index (χ3v) is 2.66. The van der Waals surface area contributed by atoms with Crippen LogP contribution in [0.5, 0.6) is 5.75 Å². The van der Waals surface area contributed by atoms with Crippen LogP contribution in [0.3, 0.4) is 0 Å². The zero-order valence-corrected chi connectivity index (χ0v) is 11.8. The molecule has 2 N–H and O–H groups in total. The second-order valence-corrected chi connectivity index (χ2v) is 5.50. The van der Waals surface area contributed by atoms with E-state index < -0.39 is 11.7 Å². The number of fused-ring (bicyclic) bond motifs is 1. The molecule has 2 rings (SSSR count). The van der Waals surface area contributed by atoms with E-state index in [2.05, 4.69) is 10.3 Å². The van der Waals surface area contributed by atoms with Gasteiger partial charge in [0.25, 0.3) is 0 Å². The van der Waals surface area contributed by atoms with E-state index in [4.69, 9.17) is 4.74 Å². The lowest BCUT2D eigenvalue weighted by Crippen LogP contribution is -2.32. The molecule has 1 heterocycles. The van der Waals surface area contributed by atoms with E-state index in [0.29, 0.717) is 12.1 Å². The van der Waals surface area contributed by atoms with Gasteiger partial charge in [0.05, 0.1) is 0 Å². The first-order valence-electron chi connectivity index (χ1n) is 6.39. The zero-order chi connectivity index (χ0) is 14.8. The number of carbonyl (C=O) groups is 1. The Kier molecular flexibility index (Phi) is 3.79. The third-order valence-electron chi connectivity index (χ3n) is 2.66. The SMILES string of the molecule is CC(C)(C)OC(=O)NCc1ccc(O)c2ncccc12. The van der Waals surface area contributed by atoms with E-state index in [1.54, 1.807) is 24.4 Å². The van der Waals surface area contributed by atoms with Crippen LogP contribution in [0, 0.1) is 0 Å². The van der Waals surface area contributed by atoms with Gasteiger partial charge in [-0.05, 0) is 38.5 Å². The Morgan fingerprint density at radius 2 is 2.10 bits per heavy atom. The van der Waals surface area contributed by atoms with Gasteiger partial charge in [0.15, 0.2) is 0 Å². The number of hydrogen-bond donors (Lipinski definition) is 2. The second kappa shape index (κ2) is 5.36. The number of aromatic nitrogens is 1. The van der Waals surface area contributed by atoms with Gasteiger partial charge in [0.1, 0.15) is 16.9 Å². The molecular formula is C15H18N2O3. The maximum absolute atomic E-state index is 11.6. The minimum atomic E-state index is -0.525. The second-order valence-electron chi connectivity index (χ2n) is 5.50. The fourth-order valence-corrected chi connectivity index (χ4v) is 1.85. The Hall–Kier alpha value is -2.30. The number of ether oxygens (including phenoxy) is 1. The van der Waals surface area contributed by atoms with Crippen molar-refractivity contribution in [1.29, 1.82) is 0 Å². The molecule has 0 saturated heterocycles. The van der Waals surface area contributed by atoms with Gasteiger partial charge in [-0.2, -0.15) is 0 Å². The Morgan fingerprint density at radius 3 is 2.80 bits per heavy atom. The fraction of sp³-hybridized carbons (Fsp3) is 0.333. The standard InChI is InChI=1S/C15H18N2O3/c1-15(2,3)20-14(19)17-9-10-6-7-12(18)13-11(10)5-4-8-16-13/h4-8,18H,9H2,1-3H3,(H,17,19). The maximum Gasteiger partial charge on any atom is 0.407 e. The lowest BCUT2D eigenvalue weighted by atomic mass is 10.1. The molecule has 0 aliphatic heterocycles. The molecule has 2 aromatic rings. The number of rotatable bonds is 2. The van der Waals surface area contributed by atoms with Crippen molar-refractivity contribution in [3.63, 3.8) is 0 Å². The highest BCUT2D eigenvalue weighted by Crippen LogP contribution is 2.25. The Bertz CT molecular complexity index is 633. The lowest BCUT2D eigenvalue weighted by Gasteiger charge is -2.19. The number of nitrogens with one attached hydrogen (secondary N) is 1. The first-order chi connectivity index (χ1) is 9.37. The van der Waals surface area contributed by atoms with Crippen molar-refractivity contribution in [2.24, 2.45) is 0 Å². The highest BCUT2D eigenvalue weighted by molar-refractivity contribution is 5.87. The van der Waals surface area contributed by atoms with Crippen molar-refractivity contribution in [2.75, 3.05) is 0 Å². The first-order valence-corrected chi connectivity index (χ1v) is 6.39. The molecule has 5 heteroatoms. The molecule has 20 heavy (non-hydrogen) atoms. The summed E-state index contributed by atoms with van der Waals surface area (Å²) in [5.41, 5.74) is 0.871. The molecule has 0 aliphatic carbocycles. The van der Waals surface area contributed by atoms with Crippen LogP contribution in [0.2, 0.25) is 0 Å². The molecule has 5 nitrogen and oxygen atoms in total. The summed E-state index contributed by atoms with van der Waals surface area (Å²) in [7, 11) is 0. The monoisotopic (exact) mass is 274 g/mol. The summed E-state index contributed by atoms with van der Waals surface area (Å²) in [5.74, 6) is 0.126. The highest BCUT2D eigenvalue weighted by atomic mass is 16.6. The molecule has 1 amide bonds. The van der Waals surface area contributed by atoms with Crippen molar-refractivity contribution in [1.82, 2.24) is 10.3 Å². The van der Waals surface area contributed by atoms with Crippen molar-refractivity contribution in [3.05, 3.63) is 36.0 Å². The number of nitrogens with zero attached hydrogens (tertiary/aromatic N) is 1. The number of carbonyl (C=O) groups excluding carboxylic acids is 1. The predicted octanol–water partition coefficient (Wildman–Crippen LogP) is 2.97. The van der Waals surface area contributed by atoms with Gasteiger partial charge in [0, 0.05) is 18.1 Å². The van der Waals surface area contributed by atoms with Gasteiger partial charge in [-0.15, -0.1) is 0 Å². The molecule has 0 saturated carbocycles. The van der Waals surface area contributed by atoms with Gasteiger partial charge in [0.2, 0.25) is 0 Å². The van der Waals surface area contributed by atoms with E-state index in [1.165, 1.54) is 0 Å². The molecule has 0 bridgehead atoms. The molecule has 0 fully saturated rings. The number of phenols is 1. The number of aromatic hydroxyl groups is 1. The van der Waals surface area contributed by atoms with Crippen LogP contribution in [-0.4, -0.2) is 21.8 Å². The van der Waals surface area contributed by atoms with Crippen molar-refractivity contribution >= 4 is 17.0 Å².